The molecule has 0 fully saturated rings. The van der Waals surface area contributed by atoms with Gasteiger partial charge in [-0.1, -0.05) is 40.6 Å². The van der Waals surface area contributed by atoms with E-state index >= 15 is 0 Å². The molecule has 1 amide bonds. The van der Waals surface area contributed by atoms with Crippen LogP contribution in [-0.4, -0.2) is 39.7 Å². The van der Waals surface area contributed by atoms with Crippen LogP contribution < -0.4 is 14.3 Å². The molecule has 0 atom stereocenters. The number of methoxy groups -OCH3 is 2. The lowest BCUT2D eigenvalue weighted by molar-refractivity contribution is 0.0997. The van der Waals surface area contributed by atoms with Crippen LogP contribution in [-0.2, 0) is 21.3 Å². The molecule has 3 aromatic carbocycles. The van der Waals surface area contributed by atoms with E-state index in [1.807, 2.05) is 0 Å². The van der Waals surface area contributed by atoms with E-state index < -0.39 is 15.9 Å². The zero-order valence-corrected chi connectivity index (χ0v) is 22.3. The van der Waals surface area contributed by atoms with Crippen LogP contribution >= 0.6 is 34.5 Å². The van der Waals surface area contributed by atoms with Crippen molar-refractivity contribution in [3.05, 3.63) is 81.1 Å². The summed E-state index contributed by atoms with van der Waals surface area (Å²) < 4.78 is 40.8. The molecule has 12 heteroatoms. The van der Waals surface area contributed by atoms with Gasteiger partial charge in [0.25, 0.3) is 15.9 Å². The molecule has 0 saturated carbocycles. The smallest absolute Gasteiger partial charge is 0.279 e. The molecule has 0 aliphatic rings. The maximum atomic E-state index is 13.1. The lowest BCUT2D eigenvalue weighted by atomic mass is 10.2. The molecule has 8 nitrogen and oxygen atoms in total. The third-order valence-corrected chi connectivity index (χ3v) is 8.42. The zero-order chi connectivity index (χ0) is 25.9. The Kier molecular flexibility index (Phi) is 8.01. The second kappa shape index (κ2) is 11.0. The fourth-order valence-corrected chi connectivity index (χ4v) is 6.14. The molecule has 1 N–H and O–H groups in total. The summed E-state index contributed by atoms with van der Waals surface area (Å²) in [5.41, 5.74) is 1.10. The maximum absolute atomic E-state index is 13.1. The van der Waals surface area contributed by atoms with E-state index in [1.165, 1.54) is 36.6 Å². The number of ether oxygens (including phenoxy) is 2. The Morgan fingerprint density at radius 2 is 1.78 bits per heavy atom. The number of benzene rings is 3. The van der Waals surface area contributed by atoms with Crippen molar-refractivity contribution in [2.45, 2.75) is 11.4 Å². The Balaban J connectivity index is 1.68. The number of hydrogen-bond donors (Lipinski definition) is 1. The van der Waals surface area contributed by atoms with E-state index in [-0.39, 0.29) is 16.1 Å². The summed E-state index contributed by atoms with van der Waals surface area (Å²) in [4.78, 5) is 17.8. The fraction of sp³-hybridized carbons (Fsp3) is 0.167. The van der Waals surface area contributed by atoms with Gasteiger partial charge in [0, 0.05) is 24.9 Å². The van der Waals surface area contributed by atoms with Crippen molar-refractivity contribution in [2.75, 3.05) is 25.5 Å². The number of fused-ring (bicyclic) bond motifs is 1. The molecule has 0 unspecified atom stereocenters. The quantitative estimate of drug-likeness (QED) is 0.316. The molecule has 36 heavy (non-hydrogen) atoms. The Bertz CT molecular complexity index is 1600. The SMILES string of the molecule is COCCn1c(=NC(=O)c2cccc(NS(=O)(=O)c3ccc(OC)cc3)c2)sc2c(Cl)ccc(Cl)c21. The van der Waals surface area contributed by atoms with Crippen LogP contribution in [0.15, 0.2) is 70.6 Å². The van der Waals surface area contributed by atoms with Gasteiger partial charge in [-0.2, -0.15) is 4.99 Å². The molecule has 0 bridgehead atoms. The van der Waals surface area contributed by atoms with Crippen LogP contribution in [0.2, 0.25) is 10.0 Å². The number of rotatable bonds is 8. The first-order chi connectivity index (χ1) is 17.2. The lowest BCUT2D eigenvalue weighted by Crippen LogP contribution is -2.19. The van der Waals surface area contributed by atoms with Gasteiger partial charge in [0.05, 0.1) is 38.9 Å². The van der Waals surface area contributed by atoms with Crippen molar-refractivity contribution in [1.29, 1.82) is 0 Å². The zero-order valence-electron chi connectivity index (χ0n) is 19.2. The van der Waals surface area contributed by atoms with Crippen LogP contribution in [0.3, 0.4) is 0 Å². The molecule has 4 rings (SSSR count). The van der Waals surface area contributed by atoms with E-state index in [9.17, 15) is 13.2 Å². The molecule has 0 saturated heterocycles. The van der Waals surface area contributed by atoms with E-state index in [2.05, 4.69) is 9.71 Å². The van der Waals surface area contributed by atoms with Crippen LogP contribution in [0.4, 0.5) is 5.69 Å². The minimum absolute atomic E-state index is 0.0583. The van der Waals surface area contributed by atoms with Crippen LogP contribution in [0.25, 0.3) is 10.2 Å². The molecule has 188 valence electrons. The van der Waals surface area contributed by atoms with Gasteiger partial charge >= 0.3 is 0 Å². The van der Waals surface area contributed by atoms with Gasteiger partial charge < -0.3 is 14.0 Å². The normalized spacial score (nSPS) is 12.2. The molecule has 1 heterocycles. The van der Waals surface area contributed by atoms with Crippen molar-refractivity contribution in [1.82, 2.24) is 4.57 Å². The Hall–Kier alpha value is -2.89. The number of hydrogen-bond acceptors (Lipinski definition) is 6. The number of carbonyl (C=O) groups excluding carboxylic acids is 1. The topological polar surface area (TPSA) is 99.0 Å². The standard InChI is InChI=1S/C24H21Cl2N3O5S2/c1-33-13-12-29-21-19(25)10-11-20(26)22(21)35-24(29)27-23(30)15-4-3-5-16(14-15)28-36(31,32)18-8-6-17(34-2)7-9-18/h3-11,14,28H,12-13H2,1-2H3. The first-order valence-electron chi connectivity index (χ1n) is 10.6. The van der Waals surface area contributed by atoms with Gasteiger partial charge in [-0.05, 0) is 54.6 Å². The predicted molar refractivity (Wildman–Crippen MR) is 142 cm³/mol. The van der Waals surface area contributed by atoms with Crippen molar-refractivity contribution in [3.8, 4) is 5.75 Å². The van der Waals surface area contributed by atoms with Gasteiger partial charge in [-0.25, -0.2) is 8.42 Å². The van der Waals surface area contributed by atoms with Crippen LogP contribution in [0.1, 0.15) is 10.4 Å². The molecule has 1 aromatic heterocycles. The molecular weight excluding hydrogens is 545 g/mol. The summed E-state index contributed by atoms with van der Waals surface area (Å²) in [6.45, 7) is 0.781. The fourth-order valence-electron chi connectivity index (χ4n) is 3.42. The highest BCUT2D eigenvalue weighted by atomic mass is 35.5. The summed E-state index contributed by atoms with van der Waals surface area (Å²) in [7, 11) is -0.806. The molecule has 0 radical (unpaired) electrons. The van der Waals surface area contributed by atoms with Crippen molar-refractivity contribution < 1.29 is 22.7 Å². The van der Waals surface area contributed by atoms with Gasteiger partial charge in [0.1, 0.15) is 5.75 Å². The van der Waals surface area contributed by atoms with Crippen molar-refractivity contribution in [3.63, 3.8) is 0 Å². The summed E-state index contributed by atoms with van der Waals surface area (Å²) in [5.74, 6) is -0.0137. The van der Waals surface area contributed by atoms with Crippen LogP contribution in [0, 0.1) is 0 Å². The van der Waals surface area contributed by atoms with Crippen LogP contribution in [0.5, 0.6) is 5.75 Å². The highest BCUT2D eigenvalue weighted by molar-refractivity contribution is 7.92. The van der Waals surface area contributed by atoms with E-state index in [1.54, 1.807) is 54.1 Å². The van der Waals surface area contributed by atoms with E-state index in [4.69, 9.17) is 32.7 Å². The van der Waals surface area contributed by atoms with E-state index in [0.29, 0.717) is 44.0 Å². The molecule has 0 spiro atoms. The first kappa shape index (κ1) is 26.2. The van der Waals surface area contributed by atoms with Gasteiger partial charge in [0.2, 0.25) is 0 Å². The highest BCUT2D eigenvalue weighted by Gasteiger charge is 2.17. The van der Waals surface area contributed by atoms with Gasteiger partial charge in [0.15, 0.2) is 4.80 Å². The minimum atomic E-state index is -3.88. The van der Waals surface area contributed by atoms with Gasteiger partial charge in [-0.15, -0.1) is 0 Å². The Labute approximate surface area is 221 Å². The number of anilines is 1. The van der Waals surface area contributed by atoms with Crippen molar-refractivity contribution >= 4 is 66.4 Å². The number of sulfonamides is 1. The average Bonchev–Trinajstić information content (AvgIpc) is 3.24. The minimum Gasteiger partial charge on any atom is -0.497 e. The summed E-state index contributed by atoms with van der Waals surface area (Å²) >= 11 is 14.0. The third kappa shape index (κ3) is 5.58. The van der Waals surface area contributed by atoms with E-state index in [0.717, 1.165) is 0 Å². The average molecular weight is 566 g/mol. The number of amides is 1. The number of nitrogens with zero attached hydrogens (tertiary/aromatic N) is 2. The molecular formula is C24H21Cl2N3O5S2. The second-order valence-electron chi connectivity index (χ2n) is 7.51. The molecule has 0 aliphatic heterocycles. The highest BCUT2D eigenvalue weighted by Crippen LogP contribution is 2.32. The summed E-state index contributed by atoms with van der Waals surface area (Å²) in [5, 5.41) is 0.972. The van der Waals surface area contributed by atoms with Gasteiger partial charge in [-0.3, -0.25) is 9.52 Å². The summed E-state index contributed by atoms with van der Waals surface area (Å²) in [6.07, 6.45) is 0. The number of carbonyl (C=O) groups is 1. The Morgan fingerprint density at radius 3 is 2.47 bits per heavy atom. The molecule has 0 aliphatic carbocycles. The summed E-state index contributed by atoms with van der Waals surface area (Å²) in [6, 6.07) is 15.5. The predicted octanol–water partition coefficient (Wildman–Crippen LogP) is 5.21. The lowest BCUT2D eigenvalue weighted by Gasteiger charge is -2.09. The number of halogens is 2. The number of aromatic nitrogens is 1. The third-order valence-electron chi connectivity index (χ3n) is 5.18. The number of thiazole rings is 1. The largest absolute Gasteiger partial charge is 0.497 e. The Morgan fingerprint density at radius 1 is 1.06 bits per heavy atom. The first-order valence-corrected chi connectivity index (χ1v) is 13.6. The van der Waals surface area contributed by atoms with Crippen molar-refractivity contribution in [2.24, 2.45) is 4.99 Å². The molecule has 4 aromatic rings. The monoisotopic (exact) mass is 565 g/mol. The second-order valence-corrected chi connectivity index (χ2v) is 11.0. The number of nitrogens with one attached hydrogen (secondary N) is 1. The maximum Gasteiger partial charge on any atom is 0.279 e.